The van der Waals surface area contributed by atoms with Crippen LogP contribution in [0, 0.1) is 0 Å². The van der Waals surface area contributed by atoms with Crippen LogP contribution in [0.5, 0.6) is 0 Å². The molecule has 1 saturated carbocycles. The number of aliphatic imine (C=N–C) groups is 1. The van der Waals surface area contributed by atoms with E-state index in [0.29, 0.717) is 12.5 Å². The minimum atomic E-state index is -0.136. The molecular formula is C20H27IN4O2. The summed E-state index contributed by atoms with van der Waals surface area (Å²) in [5.74, 6) is 1.26. The van der Waals surface area contributed by atoms with Crippen LogP contribution in [0.15, 0.2) is 58.1 Å². The van der Waals surface area contributed by atoms with E-state index < -0.39 is 0 Å². The van der Waals surface area contributed by atoms with Gasteiger partial charge in [-0.15, -0.1) is 24.0 Å². The molecule has 1 aromatic carbocycles. The number of furan rings is 1. The maximum atomic E-state index is 12.0. The summed E-state index contributed by atoms with van der Waals surface area (Å²) in [6.45, 7) is 4.03. The molecule has 3 N–H and O–H groups in total. The van der Waals surface area contributed by atoms with Crippen molar-refractivity contribution in [3.63, 3.8) is 0 Å². The van der Waals surface area contributed by atoms with Gasteiger partial charge in [0.05, 0.1) is 12.8 Å². The number of carbonyl (C=O) groups is 1. The third-order valence-corrected chi connectivity index (χ3v) is 4.60. The quantitative estimate of drug-likeness (QED) is 0.307. The monoisotopic (exact) mass is 482 g/mol. The molecule has 1 fully saturated rings. The van der Waals surface area contributed by atoms with Crippen LogP contribution in [0.25, 0.3) is 0 Å². The molecule has 0 bridgehead atoms. The van der Waals surface area contributed by atoms with Gasteiger partial charge in [0.2, 0.25) is 5.91 Å². The zero-order valence-corrected chi connectivity index (χ0v) is 17.9. The van der Waals surface area contributed by atoms with E-state index in [1.165, 1.54) is 18.4 Å². The first kappa shape index (κ1) is 21.3. The molecule has 1 aliphatic rings. The van der Waals surface area contributed by atoms with Crippen LogP contribution >= 0.6 is 24.0 Å². The van der Waals surface area contributed by atoms with Gasteiger partial charge in [-0.1, -0.05) is 30.3 Å². The van der Waals surface area contributed by atoms with Crippen molar-refractivity contribution in [2.24, 2.45) is 4.99 Å². The molecule has 1 amide bonds. The van der Waals surface area contributed by atoms with Gasteiger partial charge in [-0.3, -0.25) is 4.79 Å². The summed E-state index contributed by atoms with van der Waals surface area (Å²) in [6.07, 6.45) is 3.94. The van der Waals surface area contributed by atoms with Crippen LogP contribution in [0.2, 0.25) is 0 Å². The lowest BCUT2D eigenvalue weighted by Crippen LogP contribution is -2.42. The lowest BCUT2D eigenvalue weighted by molar-refractivity contribution is -0.119. The predicted octanol–water partition coefficient (Wildman–Crippen LogP) is 2.80. The summed E-state index contributed by atoms with van der Waals surface area (Å²) in [7, 11) is 0. The Kier molecular flexibility index (Phi) is 8.15. The summed E-state index contributed by atoms with van der Waals surface area (Å²) in [4.78, 5) is 16.4. The number of hydrogen-bond acceptors (Lipinski definition) is 3. The van der Waals surface area contributed by atoms with Gasteiger partial charge in [0.25, 0.3) is 0 Å². The van der Waals surface area contributed by atoms with Crippen molar-refractivity contribution in [2.45, 2.75) is 31.7 Å². The SMILES string of the molecule is CCNC(=NCC(=O)NCc1ccco1)NCC1(c2ccccc2)CC1.I. The van der Waals surface area contributed by atoms with Crippen LogP contribution in [-0.4, -0.2) is 31.5 Å². The van der Waals surface area contributed by atoms with E-state index in [9.17, 15) is 4.79 Å². The van der Waals surface area contributed by atoms with E-state index >= 15 is 0 Å². The summed E-state index contributed by atoms with van der Waals surface area (Å²) < 4.78 is 5.20. The molecule has 7 heteroatoms. The second-order valence-electron chi connectivity index (χ2n) is 6.55. The van der Waals surface area contributed by atoms with E-state index in [-0.39, 0.29) is 41.8 Å². The number of carbonyl (C=O) groups excluding carboxylic acids is 1. The summed E-state index contributed by atoms with van der Waals surface area (Å²) in [5.41, 5.74) is 1.55. The lowest BCUT2D eigenvalue weighted by Gasteiger charge is -2.19. The molecule has 0 atom stereocenters. The molecule has 0 saturated heterocycles. The number of hydrogen-bond donors (Lipinski definition) is 3. The van der Waals surface area contributed by atoms with Crippen molar-refractivity contribution in [3.8, 4) is 0 Å². The third-order valence-electron chi connectivity index (χ3n) is 4.60. The Bertz CT molecular complexity index is 728. The fourth-order valence-electron chi connectivity index (χ4n) is 2.91. The van der Waals surface area contributed by atoms with Gasteiger partial charge in [0.15, 0.2) is 5.96 Å². The number of rotatable bonds is 8. The molecule has 0 aliphatic heterocycles. The summed E-state index contributed by atoms with van der Waals surface area (Å²) >= 11 is 0. The van der Waals surface area contributed by atoms with Gasteiger partial charge >= 0.3 is 0 Å². The maximum absolute atomic E-state index is 12.0. The number of benzene rings is 1. The van der Waals surface area contributed by atoms with Crippen LogP contribution in [0.1, 0.15) is 31.1 Å². The van der Waals surface area contributed by atoms with E-state index in [2.05, 4.69) is 45.2 Å². The second kappa shape index (κ2) is 10.3. The highest BCUT2D eigenvalue weighted by Crippen LogP contribution is 2.47. The van der Waals surface area contributed by atoms with Crippen molar-refractivity contribution in [2.75, 3.05) is 19.6 Å². The Morgan fingerprint density at radius 1 is 1.11 bits per heavy atom. The molecule has 3 rings (SSSR count). The van der Waals surface area contributed by atoms with Gasteiger partial charge < -0.3 is 20.4 Å². The molecule has 1 aromatic heterocycles. The van der Waals surface area contributed by atoms with Crippen LogP contribution in [0.4, 0.5) is 0 Å². The molecule has 2 aromatic rings. The van der Waals surface area contributed by atoms with E-state index in [4.69, 9.17) is 4.42 Å². The Morgan fingerprint density at radius 2 is 1.89 bits per heavy atom. The highest BCUT2D eigenvalue weighted by Gasteiger charge is 2.43. The third kappa shape index (κ3) is 6.27. The standard InChI is InChI=1S/C20H26N4O2.HI/c1-2-21-19(23-14-18(25)22-13-17-9-6-12-26-17)24-15-20(10-11-20)16-7-4-3-5-8-16;/h3-9,12H,2,10-11,13-15H2,1H3,(H,22,25)(H2,21,23,24);1H. The zero-order valence-electron chi connectivity index (χ0n) is 15.5. The van der Waals surface area contributed by atoms with Crippen molar-refractivity contribution in [3.05, 3.63) is 60.1 Å². The number of nitrogens with one attached hydrogen (secondary N) is 3. The van der Waals surface area contributed by atoms with E-state index in [1.54, 1.807) is 12.3 Å². The topological polar surface area (TPSA) is 78.7 Å². The van der Waals surface area contributed by atoms with Crippen molar-refractivity contribution >= 4 is 35.8 Å². The van der Waals surface area contributed by atoms with Gasteiger partial charge in [-0.25, -0.2) is 4.99 Å². The number of amides is 1. The first-order chi connectivity index (χ1) is 12.7. The average molecular weight is 482 g/mol. The van der Waals surface area contributed by atoms with Crippen molar-refractivity contribution < 1.29 is 9.21 Å². The van der Waals surface area contributed by atoms with E-state index in [1.807, 2.05) is 19.1 Å². The van der Waals surface area contributed by atoms with Crippen LogP contribution in [0.3, 0.4) is 0 Å². The first-order valence-electron chi connectivity index (χ1n) is 9.09. The van der Waals surface area contributed by atoms with Gasteiger partial charge in [-0.05, 0) is 37.5 Å². The van der Waals surface area contributed by atoms with Crippen molar-refractivity contribution in [1.29, 1.82) is 0 Å². The predicted molar refractivity (Wildman–Crippen MR) is 117 cm³/mol. The molecule has 6 nitrogen and oxygen atoms in total. The molecule has 0 radical (unpaired) electrons. The minimum absolute atomic E-state index is 0. The summed E-state index contributed by atoms with van der Waals surface area (Å²) in [6, 6.07) is 14.2. The molecule has 27 heavy (non-hydrogen) atoms. The molecule has 146 valence electrons. The van der Waals surface area contributed by atoms with E-state index in [0.717, 1.165) is 18.8 Å². The Labute approximate surface area is 177 Å². The number of guanidine groups is 1. The Hall–Kier alpha value is -2.03. The molecule has 1 heterocycles. The smallest absolute Gasteiger partial charge is 0.242 e. The highest BCUT2D eigenvalue weighted by atomic mass is 127. The van der Waals surface area contributed by atoms with Crippen LogP contribution in [-0.2, 0) is 16.8 Å². The zero-order chi connectivity index (χ0) is 18.2. The summed E-state index contributed by atoms with van der Waals surface area (Å²) in [5, 5.41) is 9.38. The van der Waals surface area contributed by atoms with Gasteiger partial charge in [-0.2, -0.15) is 0 Å². The van der Waals surface area contributed by atoms with Crippen molar-refractivity contribution in [1.82, 2.24) is 16.0 Å². The fourth-order valence-corrected chi connectivity index (χ4v) is 2.91. The second-order valence-corrected chi connectivity index (χ2v) is 6.55. The largest absolute Gasteiger partial charge is 0.467 e. The molecule has 0 spiro atoms. The number of halogens is 1. The first-order valence-corrected chi connectivity index (χ1v) is 9.09. The maximum Gasteiger partial charge on any atom is 0.242 e. The molecule has 1 aliphatic carbocycles. The fraction of sp³-hybridized carbons (Fsp3) is 0.400. The highest BCUT2D eigenvalue weighted by molar-refractivity contribution is 14.0. The number of nitrogens with zero attached hydrogens (tertiary/aromatic N) is 1. The minimum Gasteiger partial charge on any atom is -0.467 e. The average Bonchev–Trinajstić information content (AvgIpc) is 3.28. The molecular weight excluding hydrogens is 455 g/mol. The Balaban J connectivity index is 0.00000261. The normalized spacial score (nSPS) is 14.8. The van der Waals surface area contributed by atoms with Crippen LogP contribution < -0.4 is 16.0 Å². The Morgan fingerprint density at radius 3 is 2.52 bits per heavy atom. The van der Waals surface area contributed by atoms with Gasteiger partial charge in [0, 0.05) is 18.5 Å². The van der Waals surface area contributed by atoms with Gasteiger partial charge in [0.1, 0.15) is 12.3 Å². The lowest BCUT2D eigenvalue weighted by atomic mass is 9.96. The molecule has 0 unspecified atom stereocenters.